The summed E-state index contributed by atoms with van der Waals surface area (Å²) in [6.45, 7) is 9.07. The Labute approximate surface area is 77.0 Å². The molecule has 68 valence electrons. The van der Waals surface area contributed by atoms with Crippen LogP contribution in [0.5, 0.6) is 0 Å². The summed E-state index contributed by atoms with van der Waals surface area (Å²) < 4.78 is 1.30. The van der Waals surface area contributed by atoms with Crippen LogP contribution in [0.15, 0.2) is 18.0 Å². The van der Waals surface area contributed by atoms with Crippen molar-refractivity contribution >= 4 is 12.2 Å². The average Bonchev–Trinajstić information content (AvgIpc) is 2.10. The minimum atomic E-state index is -0.143. The van der Waals surface area contributed by atoms with Crippen LogP contribution in [0.4, 0.5) is 0 Å². The summed E-state index contributed by atoms with van der Waals surface area (Å²) in [7, 11) is 1.62. The van der Waals surface area contributed by atoms with E-state index < -0.39 is 0 Å². The summed E-state index contributed by atoms with van der Waals surface area (Å²) in [4.78, 5) is 11.5. The molecule has 1 rings (SSSR count). The van der Waals surface area contributed by atoms with Crippen LogP contribution < -0.4 is 5.56 Å². The van der Waals surface area contributed by atoms with Gasteiger partial charge in [0.1, 0.15) is 0 Å². The van der Waals surface area contributed by atoms with Crippen molar-refractivity contribution < 1.29 is 0 Å². The van der Waals surface area contributed by atoms with Gasteiger partial charge in [-0.2, -0.15) is 5.10 Å². The predicted molar refractivity (Wildman–Crippen MR) is 54.4 cm³/mol. The SMILES string of the molecule is C=Cc1c(C)nn(C)c(=O)c1C=C. The standard InChI is InChI=1S/C10H12N2O/c1-5-8-7(3)11-12(4)10(13)9(8)6-2/h5-6H,1-2H2,3-4H3. The minimum Gasteiger partial charge on any atom is -0.267 e. The summed E-state index contributed by atoms with van der Waals surface area (Å²) in [5, 5.41) is 4.04. The zero-order chi connectivity index (χ0) is 10.0. The van der Waals surface area contributed by atoms with Crippen LogP contribution in [0, 0.1) is 6.92 Å². The highest BCUT2D eigenvalue weighted by Gasteiger charge is 2.07. The average molecular weight is 176 g/mol. The Hall–Kier alpha value is -1.64. The van der Waals surface area contributed by atoms with Gasteiger partial charge in [-0.15, -0.1) is 0 Å². The van der Waals surface area contributed by atoms with E-state index >= 15 is 0 Å². The Morgan fingerprint density at radius 1 is 1.31 bits per heavy atom. The lowest BCUT2D eigenvalue weighted by atomic mass is 10.1. The van der Waals surface area contributed by atoms with Gasteiger partial charge in [-0.3, -0.25) is 4.79 Å². The zero-order valence-corrected chi connectivity index (χ0v) is 7.87. The van der Waals surface area contributed by atoms with Crippen molar-refractivity contribution in [3.05, 3.63) is 40.3 Å². The van der Waals surface area contributed by atoms with E-state index in [1.54, 1.807) is 13.1 Å². The van der Waals surface area contributed by atoms with Crippen LogP contribution in [0.3, 0.4) is 0 Å². The summed E-state index contributed by atoms with van der Waals surface area (Å²) in [5.74, 6) is 0. The van der Waals surface area contributed by atoms with E-state index in [0.717, 1.165) is 11.3 Å². The maximum Gasteiger partial charge on any atom is 0.274 e. The fourth-order valence-corrected chi connectivity index (χ4v) is 1.26. The van der Waals surface area contributed by atoms with Crippen molar-refractivity contribution in [2.45, 2.75) is 6.92 Å². The number of aryl methyl sites for hydroxylation is 2. The van der Waals surface area contributed by atoms with Crippen molar-refractivity contribution in [1.29, 1.82) is 0 Å². The third-order valence-corrected chi connectivity index (χ3v) is 1.91. The van der Waals surface area contributed by atoms with E-state index in [2.05, 4.69) is 18.3 Å². The largest absolute Gasteiger partial charge is 0.274 e. The first-order valence-electron chi connectivity index (χ1n) is 3.94. The van der Waals surface area contributed by atoms with E-state index in [1.165, 1.54) is 10.8 Å². The molecule has 1 aromatic rings. The summed E-state index contributed by atoms with van der Waals surface area (Å²) in [6, 6.07) is 0. The second kappa shape index (κ2) is 3.39. The molecule has 0 fully saturated rings. The monoisotopic (exact) mass is 176 g/mol. The normalized spacial score (nSPS) is 9.69. The van der Waals surface area contributed by atoms with E-state index in [0.29, 0.717) is 5.56 Å². The van der Waals surface area contributed by atoms with E-state index in [-0.39, 0.29) is 5.56 Å². The van der Waals surface area contributed by atoms with Gasteiger partial charge in [-0.05, 0) is 6.92 Å². The van der Waals surface area contributed by atoms with Crippen molar-refractivity contribution in [2.75, 3.05) is 0 Å². The molecule has 0 spiro atoms. The van der Waals surface area contributed by atoms with Gasteiger partial charge < -0.3 is 0 Å². The highest BCUT2D eigenvalue weighted by atomic mass is 16.1. The summed E-state index contributed by atoms with van der Waals surface area (Å²) in [5.41, 5.74) is 1.96. The molecule has 0 aliphatic heterocycles. The molecule has 0 saturated carbocycles. The van der Waals surface area contributed by atoms with Crippen LogP contribution in [-0.4, -0.2) is 9.78 Å². The molecular formula is C10H12N2O. The Morgan fingerprint density at radius 3 is 2.31 bits per heavy atom. The van der Waals surface area contributed by atoms with Crippen LogP contribution >= 0.6 is 0 Å². The molecule has 0 atom stereocenters. The maximum absolute atomic E-state index is 11.5. The molecule has 0 saturated heterocycles. The molecule has 1 aromatic heterocycles. The number of hydrogen-bond acceptors (Lipinski definition) is 2. The molecule has 0 amide bonds. The molecule has 3 heteroatoms. The first kappa shape index (κ1) is 9.45. The molecule has 3 nitrogen and oxygen atoms in total. The second-order valence-electron chi connectivity index (χ2n) is 2.75. The molecule has 0 aliphatic rings. The molecule has 0 bridgehead atoms. The minimum absolute atomic E-state index is 0.143. The number of aromatic nitrogens is 2. The zero-order valence-electron chi connectivity index (χ0n) is 7.87. The fraction of sp³-hybridized carbons (Fsp3) is 0.200. The molecule has 0 unspecified atom stereocenters. The van der Waals surface area contributed by atoms with Gasteiger partial charge >= 0.3 is 0 Å². The van der Waals surface area contributed by atoms with Gasteiger partial charge in [0, 0.05) is 18.2 Å². The Kier molecular flexibility index (Phi) is 2.46. The smallest absolute Gasteiger partial charge is 0.267 e. The van der Waals surface area contributed by atoms with Crippen molar-refractivity contribution in [1.82, 2.24) is 9.78 Å². The van der Waals surface area contributed by atoms with Gasteiger partial charge in [0.2, 0.25) is 0 Å². The van der Waals surface area contributed by atoms with Crippen molar-refractivity contribution in [3.63, 3.8) is 0 Å². The summed E-state index contributed by atoms with van der Waals surface area (Å²) in [6.07, 6.45) is 3.16. The molecule has 0 radical (unpaired) electrons. The van der Waals surface area contributed by atoms with Gasteiger partial charge in [-0.1, -0.05) is 25.3 Å². The van der Waals surface area contributed by atoms with Gasteiger partial charge in [0.25, 0.3) is 5.56 Å². The lowest BCUT2D eigenvalue weighted by Crippen LogP contribution is -2.24. The lowest BCUT2D eigenvalue weighted by Gasteiger charge is -2.05. The fourth-order valence-electron chi connectivity index (χ4n) is 1.26. The number of hydrogen-bond donors (Lipinski definition) is 0. The van der Waals surface area contributed by atoms with Crippen LogP contribution in [0.2, 0.25) is 0 Å². The van der Waals surface area contributed by atoms with Crippen LogP contribution in [-0.2, 0) is 7.05 Å². The Balaban J connectivity index is 3.70. The highest BCUT2D eigenvalue weighted by Crippen LogP contribution is 2.09. The first-order valence-corrected chi connectivity index (χ1v) is 3.94. The summed E-state index contributed by atoms with van der Waals surface area (Å²) >= 11 is 0. The topological polar surface area (TPSA) is 34.9 Å². The van der Waals surface area contributed by atoms with Crippen molar-refractivity contribution in [3.8, 4) is 0 Å². The lowest BCUT2D eigenvalue weighted by molar-refractivity contribution is 0.689. The molecule has 0 aromatic carbocycles. The Bertz CT molecular complexity index is 416. The quantitative estimate of drug-likeness (QED) is 0.682. The number of nitrogens with zero attached hydrogens (tertiary/aromatic N) is 2. The highest BCUT2D eigenvalue weighted by molar-refractivity contribution is 5.63. The Morgan fingerprint density at radius 2 is 1.85 bits per heavy atom. The second-order valence-corrected chi connectivity index (χ2v) is 2.75. The third-order valence-electron chi connectivity index (χ3n) is 1.91. The van der Waals surface area contributed by atoms with E-state index in [1.807, 2.05) is 6.92 Å². The van der Waals surface area contributed by atoms with Gasteiger partial charge in [-0.25, -0.2) is 4.68 Å². The molecule has 1 heterocycles. The molecule has 0 aliphatic carbocycles. The van der Waals surface area contributed by atoms with Crippen molar-refractivity contribution in [2.24, 2.45) is 7.05 Å². The van der Waals surface area contributed by atoms with Gasteiger partial charge in [0.05, 0.1) is 5.69 Å². The molecular weight excluding hydrogens is 164 g/mol. The van der Waals surface area contributed by atoms with Crippen LogP contribution in [0.25, 0.3) is 12.2 Å². The predicted octanol–water partition coefficient (Wildman–Crippen LogP) is 1.37. The molecule has 0 N–H and O–H groups in total. The number of rotatable bonds is 2. The van der Waals surface area contributed by atoms with E-state index in [4.69, 9.17) is 0 Å². The van der Waals surface area contributed by atoms with E-state index in [9.17, 15) is 4.79 Å². The van der Waals surface area contributed by atoms with Crippen LogP contribution in [0.1, 0.15) is 16.8 Å². The maximum atomic E-state index is 11.5. The van der Waals surface area contributed by atoms with Gasteiger partial charge in [0.15, 0.2) is 0 Å². The third kappa shape index (κ3) is 1.45. The molecule has 13 heavy (non-hydrogen) atoms. The first-order chi connectivity index (χ1) is 6.11.